The molecule has 104 valence electrons. The summed E-state index contributed by atoms with van der Waals surface area (Å²) in [6.07, 6.45) is 0. The lowest BCUT2D eigenvalue weighted by Gasteiger charge is -2.22. The fraction of sp³-hybridized carbons (Fsp3) is 0.0625. The van der Waals surface area contributed by atoms with E-state index in [9.17, 15) is 14.3 Å². The predicted octanol–water partition coefficient (Wildman–Crippen LogP) is 4.21. The van der Waals surface area contributed by atoms with Crippen molar-refractivity contribution >= 4 is 28.6 Å². The Kier molecular flexibility index (Phi) is 2.59. The summed E-state index contributed by atoms with van der Waals surface area (Å²) in [5.74, 6) is -1.27. The second kappa shape index (κ2) is 4.36. The minimum absolute atomic E-state index is 0.357. The van der Waals surface area contributed by atoms with Crippen LogP contribution in [0.4, 0.5) is 4.39 Å². The molecule has 3 nitrogen and oxygen atoms in total. The van der Waals surface area contributed by atoms with Gasteiger partial charge in [-0.15, -0.1) is 11.8 Å². The van der Waals surface area contributed by atoms with Crippen molar-refractivity contribution in [2.75, 3.05) is 0 Å². The number of halogens is 1. The zero-order chi connectivity index (χ0) is 14.6. The topological polar surface area (TPSA) is 53.1 Å². The monoisotopic (exact) mass is 299 g/mol. The van der Waals surface area contributed by atoms with Crippen LogP contribution in [-0.2, 0) is 4.79 Å². The van der Waals surface area contributed by atoms with Gasteiger partial charge >= 0.3 is 5.97 Å². The quantitative estimate of drug-likeness (QED) is 0.708. The van der Waals surface area contributed by atoms with E-state index in [0.29, 0.717) is 4.90 Å². The number of hydrogen-bond acceptors (Lipinski definition) is 2. The van der Waals surface area contributed by atoms with Gasteiger partial charge < -0.3 is 10.1 Å². The molecule has 3 aromatic rings. The van der Waals surface area contributed by atoms with Crippen LogP contribution in [0.1, 0.15) is 10.8 Å². The molecular weight excluding hydrogens is 289 g/mol. The van der Waals surface area contributed by atoms with Crippen LogP contribution in [0.3, 0.4) is 0 Å². The molecule has 0 bridgehead atoms. The zero-order valence-electron chi connectivity index (χ0n) is 10.8. The third-order valence-corrected chi connectivity index (χ3v) is 4.96. The number of aromatic amines is 1. The number of para-hydroxylation sites is 1. The number of fused-ring (bicyclic) bond motifs is 5. The lowest BCUT2D eigenvalue weighted by molar-refractivity contribution is -0.136. The van der Waals surface area contributed by atoms with E-state index in [1.165, 1.54) is 23.9 Å². The van der Waals surface area contributed by atoms with E-state index in [0.717, 1.165) is 27.7 Å². The molecule has 0 saturated heterocycles. The second-order valence-electron chi connectivity index (χ2n) is 4.94. The first kappa shape index (κ1) is 12.5. The molecule has 1 unspecified atom stereocenters. The molecule has 0 fully saturated rings. The average Bonchev–Trinajstić information content (AvgIpc) is 2.85. The van der Waals surface area contributed by atoms with Gasteiger partial charge in [0.05, 0.1) is 5.69 Å². The highest BCUT2D eigenvalue weighted by Crippen LogP contribution is 2.51. The molecule has 2 aromatic carbocycles. The van der Waals surface area contributed by atoms with Crippen LogP contribution in [-0.4, -0.2) is 16.1 Å². The van der Waals surface area contributed by atoms with Crippen LogP contribution < -0.4 is 0 Å². The lowest BCUT2D eigenvalue weighted by Crippen LogP contribution is -2.12. The smallest absolute Gasteiger partial charge is 0.321 e. The van der Waals surface area contributed by atoms with Gasteiger partial charge in [-0.3, -0.25) is 4.79 Å². The number of H-pyrrole nitrogens is 1. The van der Waals surface area contributed by atoms with Crippen molar-refractivity contribution in [3.63, 3.8) is 0 Å². The minimum atomic E-state index is -0.916. The van der Waals surface area contributed by atoms with Gasteiger partial charge in [-0.1, -0.05) is 18.2 Å². The number of carbonyl (C=O) groups is 1. The first-order valence-electron chi connectivity index (χ1n) is 6.45. The van der Waals surface area contributed by atoms with Crippen molar-refractivity contribution in [3.8, 4) is 11.3 Å². The highest BCUT2D eigenvalue weighted by Gasteiger charge is 2.33. The Morgan fingerprint density at radius 3 is 2.86 bits per heavy atom. The molecule has 0 radical (unpaired) electrons. The molecule has 5 heteroatoms. The van der Waals surface area contributed by atoms with E-state index in [1.807, 2.05) is 24.3 Å². The maximum Gasteiger partial charge on any atom is 0.321 e. The normalized spacial score (nSPS) is 16.5. The van der Waals surface area contributed by atoms with Gasteiger partial charge in [0.15, 0.2) is 0 Å². The minimum Gasteiger partial charge on any atom is -0.480 e. The van der Waals surface area contributed by atoms with Gasteiger partial charge in [0, 0.05) is 26.9 Å². The number of aromatic nitrogens is 1. The van der Waals surface area contributed by atoms with E-state index >= 15 is 0 Å². The SMILES string of the molecule is O=C(O)C1Sc2cc(F)ccc2-c2[nH]c3ccccc3c21. The van der Waals surface area contributed by atoms with E-state index in [-0.39, 0.29) is 5.82 Å². The summed E-state index contributed by atoms with van der Waals surface area (Å²) >= 11 is 1.18. The molecule has 0 amide bonds. The van der Waals surface area contributed by atoms with Gasteiger partial charge in [-0.05, 0) is 24.3 Å². The summed E-state index contributed by atoms with van der Waals surface area (Å²) in [7, 11) is 0. The van der Waals surface area contributed by atoms with Crippen molar-refractivity contribution in [1.82, 2.24) is 4.98 Å². The number of benzene rings is 2. The Morgan fingerprint density at radius 1 is 1.24 bits per heavy atom. The summed E-state index contributed by atoms with van der Waals surface area (Å²) in [6.45, 7) is 0. The fourth-order valence-corrected chi connectivity index (χ4v) is 4.00. The van der Waals surface area contributed by atoms with Crippen LogP contribution in [0.2, 0.25) is 0 Å². The van der Waals surface area contributed by atoms with Gasteiger partial charge in [-0.25, -0.2) is 4.39 Å². The molecule has 21 heavy (non-hydrogen) atoms. The summed E-state index contributed by atoms with van der Waals surface area (Å²) in [6, 6.07) is 12.1. The van der Waals surface area contributed by atoms with Gasteiger partial charge in [-0.2, -0.15) is 0 Å². The molecule has 1 aliphatic rings. The molecule has 1 atom stereocenters. The van der Waals surface area contributed by atoms with Crippen LogP contribution in [0.5, 0.6) is 0 Å². The Bertz CT molecular complexity index is 887. The predicted molar refractivity (Wildman–Crippen MR) is 79.9 cm³/mol. The third-order valence-electron chi connectivity index (χ3n) is 3.69. The maximum atomic E-state index is 13.4. The van der Waals surface area contributed by atoms with Crippen molar-refractivity contribution in [2.45, 2.75) is 10.1 Å². The van der Waals surface area contributed by atoms with Gasteiger partial charge in [0.25, 0.3) is 0 Å². The first-order valence-corrected chi connectivity index (χ1v) is 7.33. The molecule has 0 spiro atoms. The number of nitrogens with one attached hydrogen (secondary N) is 1. The zero-order valence-corrected chi connectivity index (χ0v) is 11.6. The maximum absolute atomic E-state index is 13.4. The number of carboxylic acid groups (broad SMARTS) is 1. The summed E-state index contributed by atoms with van der Waals surface area (Å²) < 4.78 is 13.4. The first-order chi connectivity index (χ1) is 10.1. The number of rotatable bonds is 1. The molecule has 0 aliphatic carbocycles. The van der Waals surface area contributed by atoms with Crippen LogP contribution in [0, 0.1) is 5.82 Å². The fourth-order valence-electron chi connectivity index (χ4n) is 2.81. The summed E-state index contributed by atoms with van der Waals surface area (Å²) in [4.78, 5) is 15.6. The van der Waals surface area contributed by atoms with Crippen molar-refractivity contribution in [2.24, 2.45) is 0 Å². The van der Waals surface area contributed by atoms with Crippen molar-refractivity contribution in [1.29, 1.82) is 0 Å². The van der Waals surface area contributed by atoms with Crippen molar-refractivity contribution in [3.05, 3.63) is 53.8 Å². The van der Waals surface area contributed by atoms with E-state index in [1.54, 1.807) is 6.07 Å². The summed E-state index contributed by atoms with van der Waals surface area (Å²) in [5.41, 5.74) is 3.29. The van der Waals surface area contributed by atoms with Crippen LogP contribution >= 0.6 is 11.8 Å². The molecule has 4 rings (SSSR count). The van der Waals surface area contributed by atoms with E-state index < -0.39 is 11.2 Å². The number of carboxylic acids is 1. The second-order valence-corrected chi connectivity index (χ2v) is 6.08. The average molecular weight is 299 g/mol. The van der Waals surface area contributed by atoms with E-state index in [2.05, 4.69) is 4.98 Å². The standard InChI is InChI=1S/C16H10FNO2S/c17-8-5-6-10-12(7-8)21-15(16(19)20)13-9-3-1-2-4-11(9)18-14(10)13/h1-7,15,18H,(H,19,20). The molecule has 1 aliphatic heterocycles. The molecule has 2 N–H and O–H groups in total. The largest absolute Gasteiger partial charge is 0.480 e. The van der Waals surface area contributed by atoms with E-state index in [4.69, 9.17) is 0 Å². The highest BCUT2D eigenvalue weighted by atomic mass is 32.2. The molecule has 0 saturated carbocycles. The number of thioether (sulfide) groups is 1. The Hall–Kier alpha value is -2.27. The Balaban J connectivity index is 2.09. The van der Waals surface area contributed by atoms with Crippen LogP contribution in [0.15, 0.2) is 47.4 Å². The highest BCUT2D eigenvalue weighted by molar-refractivity contribution is 8.00. The van der Waals surface area contributed by atoms with Crippen molar-refractivity contribution < 1.29 is 14.3 Å². The van der Waals surface area contributed by atoms with Gasteiger partial charge in [0.2, 0.25) is 0 Å². The number of aliphatic carboxylic acids is 1. The number of hydrogen-bond donors (Lipinski definition) is 2. The Labute approximate surface area is 123 Å². The molecular formula is C16H10FNO2S. The van der Waals surface area contributed by atoms with Gasteiger partial charge in [0.1, 0.15) is 11.1 Å². The molecule has 2 heterocycles. The summed E-state index contributed by atoms with van der Waals surface area (Å²) in [5, 5.41) is 9.70. The van der Waals surface area contributed by atoms with Crippen LogP contribution in [0.25, 0.3) is 22.2 Å². The molecule has 1 aromatic heterocycles. The third kappa shape index (κ3) is 1.77. The lowest BCUT2D eigenvalue weighted by atomic mass is 10.0. The Morgan fingerprint density at radius 2 is 2.05 bits per heavy atom.